The number of benzene rings is 1. The Morgan fingerprint density at radius 2 is 2.30 bits per heavy atom. The van der Waals surface area contributed by atoms with Crippen LogP contribution < -0.4 is 5.32 Å². The van der Waals surface area contributed by atoms with Crippen LogP contribution in [0.5, 0.6) is 0 Å². The molecule has 3 rings (SSSR count). The number of amides is 2. The van der Waals surface area contributed by atoms with E-state index < -0.39 is 0 Å². The van der Waals surface area contributed by atoms with Crippen LogP contribution in [-0.4, -0.2) is 33.3 Å². The Morgan fingerprint density at radius 1 is 1.43 bits per heavy atom. The topological polar surface area (TPSA) is 50.2 Å². The molecule has 1 aliphatic heterocycles. The molecule has 122 valence electrons. The van der Waals surface area contributed by atoms with Crippen LogP contribution in [0.1, 0.15) is 32.6 Å². The summed E-state index contributed by atoms with van der Waals surface area (Å²) in [4.78, 5) is 14.5. The first-order valence-corrected chi connectivity index (χ1v) is 8.44. The molecule has 1 fully saturated rings. The summed E-state index contributed by atoms with van der Waals surface area (Å²) in [5, 5.41) is 7.68. The number of anilines is 1. The molecule has 0 unspecified atom stereocenters. The predicted octanol–water partition coefficient (Wildman–Crippen LogP) is 4.32. The van der Waals surface area contributed by atoms with Crippen molar-refractivity contribution in [2.45, 2.75) is 38.6 Å². The van der Waals surface area contributed by atoms with Gasteiger partial charge in [0.15, 0.2) is 0 Å². The maximum Gasteiger partial charge on any atom is 0.322 e. The third-order valence-electron chi connectivity index (χ3n) is 4.31. The van der Waals surface area contributed by atoms with Gasteiger partial charge in [0.1, 0.15) is 0 Å². The summed E-state index contributed by atoms with van der Waals surface area (Å²) in [7, 11) is 0. The van der Waals surface area contributed by atoms with Crippen molar-refractivity contribution in [3.8, 4) is 5.69 Å². The van der Waals surface area contributed by atoms with Gasteiger partial charge in [-0.15, -0.1) is 0 Å². The van der Waals surface area contributed by atoms with E-state index in [4.69, 9.17) is 11.6 Å². The van der Waals surface area contributed by atoms with Crippen molar-refractivity contribution in [1.82, 2.24) is 14.7 Å². The number of carbonyl (C=O) groups is 1. The second-order valence-electron chi connectivity index (χ2n) is 5.80. The van der Waals surface area contributed by atoms with Crippen LogP contribution in [0, 0.1) is 0 Å². The highest BCUT2D eigenvalue weighted by Gasteiger charge is 2.25. The van der Waals surface area contributed by atoms with Gasteiger partial charge in [0, 0.05) is 30.7 Å². The zero-order valence-electron chi connectivity index (χ0n) is 13.2. The molecule has 1 atom stereocenters. The molecule has 6 heteroatoms. The molecule has 23 heavy (non-hydrogen) atoms. The predicted molar refractivity (Wildman–Crippen MR) is 92.2 cm³/mol. The number of aromatic nitrogens is 2. The van der Waals surface area contributed by atoms with Crippen LogP contribution in [0.4, 0.5) is 10.5 Å². The fourth-order valence-electron chi connectivity index (χ4n) is 3.07. The summed E-state index contributed by atoms with van der Waals surface area (Å²) < 4.78 is 1.70. The van der Waals surface area contributed by atoms with Gasteiger partial charge in [-0.25, -0.2) is 9.48 Å². The van der Waals surface area contributed by atoms with Gasteiger partial charge in [-0.1, -0.05) is 18.5 Å². The lowest BCUT2D eigenvalue weighted by Gasteiger charge is -2.35. The standard InChI is InChI=1S/C17H21ClN4O/c1-2-14-6-3-4-10-21(14)17(23)20-13-7-8-16(15(18)12-13)22-11-5-9-19-22/h5,7-9,11-12,14H,2-4,6,10H2,1H3,(H,20,23)/t14-/m0/s1. The number of nitrogens with one attached hydrogen (secondary N) is 1. The van der Waals surface area contributed by atoms with Gasteiger partial charge in [-0.3, -0.25) is 0 Å². The van der Waals surface area contributed by atoms with Gasteiger partial charge in [-0.2, -0.15) is 5.10 Å². The minimum atomic E-state index is -0.0422. The molecule has 0 radical (unpaired) electrons. The number of hydrogen-bond acceptors (Lipinski definition) is 2. The zero-order valence-corrected chi connectivity index (χ0v) is 14.0. The molecule has 0 spiro atoms. The molecule has 2 amide bonds. The number of urea groups is 1. The maximum absolute atomic E-state index is 12.5. The van der Waals surface area contributed by atoms with Crippen LogP contribution in [0.25, 0.3) is 5.69 Å². The Morgan fingerprint density at radius 3 is 3.00 bits per heavy atom. The lowest BCUT2D eigenvalue weighted by molar-refractivity contribution is 0.160. The Balaban J connectivity index is 1.72. The third-order valence-corrected chi connectivity index (χ3v) is 4.61. The number of hydrogen-bond donors (Lipinski definition) is 1. The largest absolute Gasteiger partial charge is 0.322 e. The van der Waals surface area contributed by atoms with Crippen molar-refractivity contribution in [3.05, 3.63) is 41.7 Å². The molecule has 2 heterocycles. The monoisotopic (exact) mass is 332 g/mol. The van der Waals surface area contributed by atoms with Crippen molar-refractivity contribution in [2.75, 3.05) is 11.9 Å². The van der Waals surface area contributed by atoms with E-state index in [9.17, 15) is 4.79 Å². The van der Waals surface area contributed by atoms with E-state index >= 15 is 0 Å². The number of nitrogens with zero attached hydrogens (tertiary/aromatic N) is 3. The lowest BCUT2D eigenvalue weighted by Crippen LogP contribution is -2.45. The minimum Gasteiger partial charge on any atom is -0.322 e. The average molecular weight is 333 g/mol. The number of likely N-dealkylation sites (tertiary alicyclic amines) is 1. The quantitative estimate of drug-likeness (QED) is 0.909. The number of piperidine rings is 1. The molecule has 5 nitrogen and oxygen atoms in total. The molecule has 1 saturated heterocycles. The summed E-state index contributed by atoms with van der Waals surface area (Å²) in [6, 6.07) is 7.61. The molecular formula is C17H21ClN4O. The molecule has 1 N–H and O–H groups in total. The summed E-state index contributed by atoms with van der Waals surface area (Å²) in [5.74, 6) is 0. The third kappa shape index (κ3) is 3.50. The normalized spacial score (nSPS) is 18.0. The molecule has 1 aromatic carbocycles. The van der Waals surface area contributed by atoms with Crippen LogP contribution in [0.2, 0.25) is 5.02 Å². The summed E-state index contributed by atoms with van der Waals surface area (Å²) in [6.07, 6.45) is 7.89. The van der Waals surface area contributed by atoms with E-state index in [-0.39, 0.29) is 6.03 Å². The molecule has 0 aliphatic carbocycles. The highest BCUT2D eigenvalue weighted by Crippen LogP contribution is 2.25. The maximum atomic E-state index is 12.5. The highest BCUT2D eigenvalue weighted by atomic mass is 35.5. The molecule has 0 bridgehead atoms. The summed E-state index contributed by atoms with van der Waals surface area (Å²) >= 11 is 6.32. The van der Waals surface area contributed by atoms with Crippen LogP contribution >= 0.6 is 11.6 Å². The smallest absolute Gasteiger partial charge is 0.322 e. The van der Waals surface area contributed by atoms with E-state index in [2.05, 4.69) is 17.3 Å². The fourth-order valence-corrected chi connectivity index (χ4v) is 3.34. The van der Waals surface area contributed by atoms with Crippen molar-refractivity contribution in [1.29, 1.82) is 0 Å². The molecule has 1 aromatic heterocycles. The van der Waals surface area contributed by atoms with Crippen molar-refractivity contribution in [2.24, 2.45) is 0 Å². The Labute approximate surface area is 141 Å². The van der Waals surface area contributed by atoms with Gasteiger partial charge >= 0.3 is 6.03 Å². The highest BCUT2D eigenvalue weighted by molar-refractivity contribution is 6.32. The molecule has 1 aliphatic rings. The molecular weight excluding hydrogens is 312 g/mol. The van der Waals surface area contributed by atoms with Crippen molar-refractivity contribution >= 4 is 23.3 Å². The first kappa shape index (κ1) is 15.9. The Bertz CT molecular complexity index is 671. The summed E-state index contributed by atoms with van der Waals surface area (Å²) in [6.45, 7) is 2.95. The summed E-state index contributed by atoms with van der Waals surface area (Å²) in [5.41, 5.74) is 1.50. The van der Waals surface area contributed by atoms with Crippen molar-refractivity contribution < 1.29 is 4.79 Å². The van der Waals surface area contributed by atoms with Gasteiger partial charge in [0.05, 0.1) is 10.7 Å². The number of rotatable bonds is 3. The van der Waals surface area contributed by atoms with Gasteiger partial charge in [-0.05, 0) is 49.9 Å². The van der Waals surface area contributed by atoms with Gasteiger partial charge in [0.25, 0.3) is 0 Å². The Kier molecular flexibility index (Phi) is 4.86. The van der Waals surface area contributed by atoms with Crippen molar-refractivity contribution in [3.63, 3.8) is 0 Å². The van der Waals surface area contributed by atoms with Crippen LogP contribution in [-0.2, 0) is 0 Å². The molecule has 2 aromatic rings. The minimum absolute atomic E-state index is 0.0422. The van der Waals surface area contributed by atoms with Gasteiger partial charge < -0.3 is 10.2 Å². The van der Waals surface area contributed by atoms with E-state index in [1.165, 1.54) is 6.42 Å². The number of carbonyl (C=O) groups excluding carboxylic acids is 1. The second kappa shape index (κ2) is 7.04. The van der Waals surface area contributed by atoms with E-state index in [1.807, 2.05) is 29.3 Å². The number of halogens is 1. The first-order chi connectivity index (χ1) is 11.2. The fraction of sp³-hybridized carbons (Fsp3) is 0.412. The van der Waals surface area contributed by atoms with E-state index in [1.54, 1.807) is 16.9 Å². The first-order valence-electron chi connectivity index (χ1n) is 8.06. The Hall–Kier alpha value is -2.01. The van der Waals surface area contributed by atoms with Crippen LogP contribution in [0.3, 0.4) is 0 Å². The molecule has 0 saturated carbocycles. The zero-order chi connectivity index (χ0) is 16.2. The lowest BCUT2D eigenvalue weighted by atomic mass is 10.0. The average Bonchev–Trinajstić information content (AvgIpc) is 3.09. The SMILES string of the molecule is CC[C@H]1CCCCN1C(=O)Nc1ccc(-n2cccn2)c(Cl)c1. The van der Waals surface area contributed by atoms with E-state index in [0.29, 0.717) is 16.8 Å². The second-order valence-corrected chi connectivity index (χ2v) is 6.21. The van der Waals surface area contributed by atoms with Crippen LogP contribution in [0.15, 0.2) is 36.7 Å². The van der Waals surface area contributed by atoms with Gasteiger partial charge in [0.2, 0.25) is 0 Å². The van der Waals surface area contributed by atoms with E-state index in [0.717, 1.165) is 31.5 Å².